The van der Waals surface area contributed by atoms with Crippen LogP contribution in [0.5, 0.6) is 0 Å². The van der Waals surface area contributed by atoms with Gasteiger partial charge in [-0.15, -0.1) is 0 Å². The second-order valence-electron chi connectivity index (χ2n) is 5.40. The van der Waals surface area contributed by atoms with Gasteiger partial charge in [0, 0.05) is 6.21 Å². The lowest BCUT2D eigenvalue weighted by atomic mass is 9.78. The average Bonchev–Trinajstić information content (AvgIpc) is 2.42. The van der Waals surface area contributed by atoms with Crippen LogP contribution in [0.4, 0.5) is 13.2 Å². The van der Waals surface area contributed by atoms with Gasteiger partial charge in [0.25, 0.3) is 0 Å². The van der Waals surface area contributed by atoms with Gasteiger partial charge < -0.3 is 14.7 Å². The van der Waals surface area contributed by atoms with Crippen molar-refractivity contribution in [1.82, 2.24) is 0 Å². The molecule has 1 heterocycles. The topological polar surface area (TPSA) is 42.3 Å². The predicted molar refractivity (Wildman–Crippen MR) is 68.1 cm³/mol. The van der Waals surface area contributed by atoms with E-state index >= 15 is 0 Å². The van der Waals surface area contributed by atoms with Crippen molar-refractivity contribution in [3.8, 4) is 0 Å². The molecule has 19 heavy (non-hydrogen) atoms. The van der Waals surface area contributed by atoms with Gasteiger partial charge >= 0.3 is 13.3 Å². The molecule has 0 saturated carbocycles. The van der Waals surface area contributed by atoms with Crippen molar-refractivity contribution in [2.75, 3.05) is 0 Å². The van der Waals surface area contributed by atoms with Gasteiger partial charge in [0.15, 0.2) is 0 Å². The number of hydrogen-bond donors (Lipinski definition) is 1. The highest BCUT2D eigenvalue weighted by molar-refractivity contribution is 6.55. The maximum Gasteiger partial charge on any atom is 0.494 e. The Balaban J connectivity index is 2.93. The molecule has 1 N–H and O–H groups in total. The molecular formula is C12H17BF3NO2. The van der Waals surface area contributed by atoms with Crippen LogP contribution in [0.25, 0.3) is 0 Å². The zero-order valence-corrected chi connectivity index (χ0v) is 11.4. The Bertz CT molecular complexity index is 411. The molecule has 7 heteroatoms. The van der Waals surface area contributed by atoms with Crippen molar-refractivity contribution in [3.05, 3.63) is 23.7 Å². The first-order valence-electron chi connectivity index (χ1n) is 5.74. The van der Waals surface area contributed by atoms with Crippen LogP contribution in [0, 0.1) is 5.41 Å². The minimum atomic E-state index is -4.59. The Morgan fingerprint density at radius 3 is 1.89 bits per heavy atom. The number of halogens is 3. The second-order valence-corrected chi connectivity index (χ2v) is 5.40. The summed E-state index contributed by atoms with van der Waals surface area (Å²) in [5.74, 6) is 0. The summed E-state index contributed by atoms with van der Waals surface area (Å²) in [5, 5.41) is 6.80. The Hall–Kier alpha value is -1.08. The van der Waals surface area contributed by atoms with Crippen molar-refractivity contribution < 1.29 is 22.5 Å². The molecule has 1 rings (SSSR count). The summed E-state index contributed by atoms with van der Waals surface area (Å²) in [6.45, 7) is 10.7. The molecule has 0 aromatic carbocycles. The fourth-order valence-electron chi connectivity index (χ4n) is 1.47. The van der Waals surface area contributed by atoms with E-state index in [1.807, 2.05) is 0 Å². The fraction of sp³-hybridized carbons (Fsp3) is 0.583. The summed E-state index contributed by atoms with van der Waals surface area (Å²) < 4.78 is 48.7. The quantitative estimate of drug-likeness (QED) is 0.487. The van der Waals surface area contributed by atoms with Gasteiger partial charge in [-0.1, -0.05) is 6.58 Å². The van der Waals surface area contributed by atoms with E-state index in [2.05, 4.69) is 6.58 Å². The van der Waals surface area contributed by atoms with Crippen molar-refractivity contribution in [2.24, 2.45) is 0 Å². The monoisotopic (exact) mass is 275 g/mol. The minimum Gasteiger partial charge on any atom is -0.399 e. The molecule has 0 radical (unpaired) electrons. The van der Waals surface area contributed by atoms with Crippen molar-refractivity contribution in [3.63, 3.8) is 0 Å². The molecule has 1 aliphatic heterocycles. The lowest BCUT2D eigenvalue weighted by Gasteiger charge is -2.32. The number of nitrogens with one attached hydrogen (secondary N) is 1. The van der Waals surface area contributed by atoms with Gasteiger partial charge in [0.05, 0.1) is 16.8 Å². The number of alkyl halides is 3. The third-order valence-corrected chi connectivity index (χ3v) is 3.38. The van der Waals surface area contributed by atoms with Crippen LogP contribution in [-0.4, -0.2) is 30.7 Å². The molecule has 106 valence electrons. The molecule has 0 spiro atoms. The molecule has 0 atom stereocenters. The number of allylic oxidation sites excluding steroid dienone is 3. The van der Waals surface area contributed by atoms with Gasteiger partial charge in [-0.05, 0) is 39.2 Å². The highest BCUT2D eigenvalue weighted by Crippen LogP contribution is 2.39. The second kappa shape index (κ2) is 4.79. The molecule has 0 aromatic heterocycles. The summed E-state index contributed by atoms with van der Waals surface area (Å²) in [7, 11) is -0.942. The SMILES string of the molecule is C=C(/C=C(\C=N)C(F)(F)F)B1OC(C)(C)C(C)(C)O1. The van der Waals surface area contributed by atoms with Crippen LogP contribution in [0.2, 0.25) is 0 Å². The molecule has 1 fully saturated rings. The first kappa shape index (κ1) is 16.0. The van der Waals surface area contributed by atoms with E-state index < -0.39 is 30.1 Å². The zero-order valence-electron chi connectivity index (χ0n) is 11.4. The fourth-order valence-corrected chi connectivity index (χ4v) is 1.47. The largest absolute Gasteiger partial charge is 0.494 e. The molecule has 0 aliphatic carbocycles. The zero-order chi connectivity index (χ0) is 15.1. The summed E-state index contributed by atoms with van der Waals surface area (Å²) in [6.07, 6.45) is -3.57. The first-order chi connectivity index (χ1) is 8.40. The lowest BCUT2D eigenvalue weighted by Crippen LogP contribution is -2.41. The van der Waals surface area contributed by atoms with E-state index in [0.717, 1.165) is 6.08 Å². The summed E-state index contributed by atoms with van der Waals surface area (Å²) >= 11 is 0. The summed E-state index contributed by atoms with van der Waals surface area (Å²) in [5.41, 5.74) is -2.34. The Labute approximate surface area is 111 Å². The predicted octanol–water partition coefficient (Wildman–Crippen LogP) is 3.31. The minimum absolute atomic E-state index is 0.0366. The Kier molecular flexibility index (Phi) is 4.03. The smallest absolute Gasteiger partial charge is 0.399 e. The van der Waals surface area contributed by atoms with E-state index in [1.54, 1.807) is 27.7 Å². The van der Waals surface area contributed by atoms with Crippen LogP contribution in [0.15, 0.2) is 23.7 Å². The van der Waals surface area contributed by atoms with Gasteiger partial charge in [0.2, 0.25) is 0 Å². The normalized spacial score (nSPS) is 22.5. The summed E-state index contributed by atoms with van der Waals surface area (Å²) in [6, 6.07) is 0. The molecule has 1 aliphatic rings. The lowest BCUT2D eigenvalue weighted by molar-refractivity contribution is -0.0856. The van der Waals surface area contributed by atoms with E-state index in [9.17, 15) is 13.2 Å². The van der Waals surface area contributed by atoms with E-state index in [4.69, 9.17) is 14.7 Å². The van der Waals surface area contributed by atoms with Gasteiger partial charge in [-0.2, -0.15) is 13.2 Å². The van der Waals surface area contributed by atoms with E-state index in [1.165, 1.54) is 0 Å². The van der Waals surface area contributed by atoms with Gasteiger partial charge in [-0.3, -0.25) is 0 Å². The van der Waals surface area contributed by atoms with Gasteiger partial charge in [0.1, 0.15) is 0 Å². The van der Waals surface area contributed by atoms with Crippen LogP contribution >= 0.6 is 0 Å². The molecule has 0 bridgehead atoms. The maximum absolute atomic E-state index is 12.5. The summed E-state index contributed by atoms with van der Waals surface area (Å²) in [4.78, 5) is 0. The molecular weight excluding hydrogens is 258 g/mol. The van der Waals surface area contributed by atoms with Gasteiger partial charge in [-0.25, -0.2) is 0 Å². The molecule has 0 amide bonds. The Morgan fingerprint density at radius 2 is 1.58 bits per heavy atom. The number of rotatable bonds is 3. The van der Waals surface area contributed by atoms with Crippen molar-refractivity contribution >= 4 is 13.3 Å². The van der Waals surface area contributed by atoms with Crippen LogP contribution in [0.3, 0.4) is 0 Å². The van der Waals surface area contributed by atoms with Crippen LogP contribution < -0.4 is 0 Å². The van der Waals surface area contributed by atoms with E-state index in [0.29, 0.717) is 0 Å². The van der Waals surface area contributed by atoms with E-state index in [-0.39, 0.29) is 11.7 Å². The molecule has 0 aromatic rings. The highest BCUT2D eigenvalue weighted by Gasteiger charge is 2.52. The molecule has 0 unspecified atom stereocenters. The average molecular weight is 275 g/mol. The Morgan fingerprint density at radius 1 is 1.16 bits per heavy atom. The van der Waals surface area contributed by atoms with Crippen molar-refractivity contribution in [1.29, 1.82) is 5.41 Å². The molecule has 1 saturated heterocycles. The number of hydrogen-bond acceptors (Lipinski definition) is 3. The van der Waals surface area contributed by atoms with Crippen LogP contribution in [-0.2, 0) is 9.31 Å². The van der Waals surface area contributed by atoms with Crippen molar-refractivity contribution in [2.45, 2.75) is 45.1 Å². The highest BCUT2D eigenvalue weighted by atomic mass is 19.4. The molecule has 3 nitrogen and oxygen atoms in total. The third kappa shape index (κ3) is 3.28. The maximum atomic E-state index is 12.5. The third-order valence-electron chi connectivity index (χ3n) is 3.38. The van der Waals surface area contributed by atoms with Crippen LogP contribution in [0.1, 0.15) is 27.7 Å². The first-order valence-corrected chi connectivity index (χ1v) is 5.74. The standard InChI is InChI=1S/C12H17BF3NO2/c1-8(6-9(7-17)12(14,15)16)13-18-10(2,3)11(4,5)19-13/h6-7,17H,1H2,2-5H3/b9-6+,17-7?.